The predicted molar refractivity (Wildman–Crippen MR) is 85.0 cm³/mol. The molecule has 2 aromatic carbocycles. The smallest absolute Gasteiger partial charge is 0.339 e. The molecule has 2 aromatic rings. The molecule has 0 aliphatic rings. The van der Waals surface area contributed by atoms with Crippen LogP contribution in [0.1, 0.15) is 0 Å². The third-order valence-corrected chi connectivity index (χ3v) is 5.01. The molecule has 0 saturated carbocycles. The van der Waals surface area contributed by atoms with Crippen LogP contribution in [0.25, 0.3) is 0 Å². The molecule has 0 bridgehead atoms. The van der Waals surface area contributed by atoms with E-state index in [0.717, 1.165) is 0 Å². The summed E-state index contributed by atoms with van der Waals surface area (Å²) in [6.45, 7) is 0. The lowest BCUT2D eigenvalue weighted by molar-refractivity contribution is 0.408. The first kappa shape index (κ1) is 15.4. The molecule has 0 aliphatic heterocycles. The Balaban J connectivity index is 2.36. The van der Waals surface area contributed by atoms with Crippen LogP contribution in [0.2, 0.25) is 5.02 Å². The molecule has 0 unspecified atom stereocenters. The SMILES string of the molecule is COc1cccc(OS(=O)(=O)c2ccc(Cl)cc2)c1I. The Morgan fingerprint density at radius 3 is 2.25 bits per heavy atom. The zero-order valence-corrected chi connectivity index (χ0v) is 14.1. The highest BCUT2D eigenvalue weighted by molar-refractivity contribution is 14.1. The van der Waals surface area contributed by atoms with Gasteiger partial charge in [-0.1, -0.05) is 17.7 Å². The fourth-order valence-corrected chi connectivity index (χ4v) is 3.39. The molecule has 2 rings (SSSR count). The summed E-state index contributed by atoms with van der Waals surface area (Å²) in [5, 5.41) is 0.458. The van der Waals surface area contributed by atoms with E-state index in [2.05, 4.69) is 0 Å². The molecule has 0 saturated heterocycles. The summed E-state index contributed by atoms with van der Waals surface area (Å²) in [7, 11) is -2.39. The van der Waals surface area contributed by atoms with Gasteiger partial charge in [0, 0.05) is 5.02 Å². The van der Waals surface area contributed by atoms with Gasteiger partial charge in [0.1, 0.15) is 10.6 Å². The van der Waals surface area contributed by atoms with E-state index in [1.165, 1.54) is 31.4 Å². The lowest BCUT2D eigenvalue weighted by Gasteiger charge is -2.10. The van der Waals surface area contributed by atoms with Crippen molar-refractivity contribution in [1.29, 1.82) is 0 Å². The summed E-state index contributed by atoms with van der Waals surface area (Å²) in [5.41, 5.74) is 0. The van der Waals surface area contributed by atoms with Gasteiger partial charge in [-0.3, -0.25) is 0 Å². The van der Waals surface area contributed by atoms with Crippen molar-refractivity contribution in [2.24, 2.45) is 0 Å². The second-order valence-electron chi connectivity index (χ2n) is 3.76. The number of rotatable bonds is 4. The molecule has 0 aliphatic carbocycles. The molecule has 0 fully saturated rings. The van der Waals surface area contributed by atoms with Gasteiger partial charge in [0.05, 0.1) is 10.7 Å². The predicted octanol–water partition coefficient (Wildman–Crippen LogP) is 3.72. The molecule has 0 amide bonds. The van der Waals surface area contributed by atoms with Crippen LogP contribution in [0.5, 0.6) is 11.5 Å². The fourth-order valence-electron chi connectivity index (χ4n) is 1.48. The summed E-state index contributed by atoms with van der Waals surface area (Å²) < 4.78 is 35.2. The van der Waals surface area contributed by atoms with E-state index in [1.807, 2.05) is 22.6 Å². The zero-order valence-electron chi connectivity index (χ0n) is 10.3. The van der Waals surface area contributed by atoms with Crippen LogP contribution in [0.3, 0.4) is 0 Å². The standard InChI is InChI=1S/C13H10ClIO4S/c1-18-11-3-2-4-12(13(11)15)19-20(16,17)10-7-5-9(14)6-8-10/h2-8H,1H3. The molecule has 0 N–H and O–H groups in total. The van der Waals surface area contributed by atoms with Crippen molar-refractivity contribution < 1.29 is 17.3 Å². The molecular weight excluding hydrogens is 415 g/mol. The van der Waals surface area contributed by atoms with Crippen molar-refractivity contribution in [3.63, 3.8) is 0 Å². The Morgan fingerprint density at radius 2 is 1.65 bits per heavy atom. The number of halogens is 2. The van der Waals surface area contributed by atoms with Gasteiger partial charge in [0.2, 0.25) is 0 Å². The Bertz CT molecular complexity index is 714. The van der Waals surface area contributed by atoms with Crippen LogP contribution in [-0.2, 0) is 10.1 Å². The number of methoxy groups -OCH3 is 1. The van der Waals surface area contributed by atoms with Gasteiger partial charge in [-0.05, 0) is 59.0 Å². The minimum absolute atomic E-state index is 0.0421. The van der Waals surface area contributed by atoms with E-state index in [1.54, 1.807) is 18.2 Å². The normalized spacial score (nSPS) is 11.2. The van der Waals surface area contributed by atoms with Crippen LogP contribution in [0, 0.1) is 3.57 Å². The number of benzene rings is 2. The molecule has 0 radical (unpaired) electrons. The number of hydrogen-bond acceptors (Lipinski definition) is 4. The molecule has 0 aromatic heterocycles. The zero-order chi connectivity index (χ0) is 14.8. The summed E-state index contributed by atoms with van der Waals surface area (Å²) in [5.74, 6) is 0.773. The third kappa shape index (κ3) is 3.36. The summed E-state index contributed by atoms with van der Waals surface area (Å²) in [4.78, 5) is 0.0421. The minimum atomic E-state index is -3.90. The average Bonchev–Trinajstić information content (AvgIpc) is 2.41. The molecule has 7 heteroatoms. The minimum Gasteiger partial charge on any atom is -0.496 e. The van der Waals surface area contributed by atoms with E-state index >= 15 is 0 Å². The molecule has 0 atom stereocenters. The number of hydrogen-bond donors (Lipinski definition) is 0. The van der Waals surface area contributed by atoms with E-state index in [-0.39, 0.29) is 10.6 Å². The average molecular weight is 425 g/mol. The first-order chi connectivity index (χ1) is 9.44. The summed E-state index contributed by atoms with van der Waals surface area (Å²) >= 11 is 7.70. The summed E-state index contributed by atoms with van der Waals surface area (Å²) in [6, 6.07) is 10.7. The molecule has 0 spiro atoms. The van der Waals surface area contributed by atoms with Gasteiger partial charge < -0.3 is 8.92 Å². The highest BCUT2D eigenvalue weighted by Crippen LogP contribution is 2.31. The lowest BCUT2D eigenvalue weighted by Crippen LogP contribution is -2.10. The second-order valence-corrected chi connectivity index (χ2v) is 6.83. The van der Waals surface area contributed by atoms with Gasteiger partial charge in [-0.15, -0.1) is 0 Å². The quantitative estimate of drug-likeness (QED) is 0.554. The van der Waals surface area contributed by atoms with Gasteiger partial charge in [-0.2, -0.15) is 8.42 Å². The first-order valence-electron chi connectivity index (χ1n) is 5.46. The highest BCUT2D eigenvalue weighted by atomic mass is 127. The Kier molecular flexibility index (Phi) is 4.77. The van der Waals surface area contributed by atoms with E-state index in [0.29, 0.717) is 14.3 Å². The fraction of sp³-hybridized carbons (Fsp3) is 0.0769. The van der Waals surface area contributed by atoms with Gasteiger partial charge >= 0.3 is 10.1 Å². The van der Waals surface area contributed by atoms with E-state index in [9.17, 15) is 8.42 Å². The Labute approximate surface area is 135 Å². The maximum atomic E-state index is 12.2. The van der Waals surface area contributed by atoms with Gasteiger partial charge in [0.15, 0.2) is 5.75 Å². The molecule has 106 valence electrons. The van der Waals surface area contributed by atoms with Gasteiger partial charge in [-0.25, -0.2) is 0 Å². The van der Waals surface area contributed by atoms with Crippen molar-refractivity contribution >= 4 is 44.3 Å². The molecular formula is C13H10ClIO4S. The van der Waals surface area contributed by atoms with Crippen molar-refractivity contribution in [3.05, 3.63) is 51.1 Å². The van der Waals surface area contributed by atoms with Crippen molar-refractivity contribution in [2.45, 2.75) is 4.90 Å². The third-order valence-electron chi connectivity index (χ3n) is 2.45. The highest BCUT2D eigenvalue weighted by Gasteiger charge is 2.19. The van der Waals surface area contributed by atoms with Crippen LogP contribution in [-0.4, -0.2) is 15.5 Å². The monoisotopic (exact) mass is 424 g/mol. The van der Waals surface area contributed by atoms with Crippen LogP contribution < -0.4 is 8.92 Å². The van der Waals surface area contributed by atoms with Crippen molar-refractivity contribution in [3.8, 4) is 11.5 Å². The molecule has 0 heterocycles. The maximum absolute atomic E-state index is 12.2. The molecule has 4 nitrogen and oxygen atoms in total. The van der Waals surface area contributed by atoms with Crippen LogP contribution in [0.4, 0.5) is 0 Å². The van der Waals surface area contributed by atoms with E-state index < -0.39 is 10.1 Å². The second kappa shape index (κ2) is 6.19. The Morgan fingerprint density at radius 1 is 1.05 bits per heavy atom. The van der Waals surface area contributed by atoms with Crippen molar-refractivity contribution in [2.75, 3.05) is 7.11 Å². The topological polar surface area (TPSA) is 52.6 Å². The van der Waals surface area contributed by atoms with Crippen LogP contribution in [0.15, 0.2) is 47.4 Å². The summed E-state index contributed by atoms with van der Waals surface area (Å²) in [6.07, 6.45) is 0. The lowest BCUT2D eigenvalue weighted by atomic mass is 10.3. The maximum Gasteiger partial charge on any atom is 0.339 e. The van der Waals surface area contributed by atoms with Crippen LogP contribution >= 0.6 is 34.2 Å². The molecule has 20 heavy (non-hydrogen) atoms. The van der Waals surface area contributed by atoms with E-state index in [4.69, 9.17) is 20.5 Å². The largest absolute Gasteiger partial charge is 0.496 e. The van der Waals surface area contributed by atoms with Gasteiger partial charge in [0.25, 0.3) is 0 Å². The number of ether oxygens (including phenoxy) is 1. The van der Waals surface area contributed by atoms with Crippen molar-refractivity contribution in [1.82, 2.24) is 0 Å². The first-order valence-corrected chi connectivity index (χ1v) is 8.33. The Hall–Kier alpha value is -0.990.